The summed E-state index contributed by atoms with van der Waals surface area (Å²) in [6.07, 6.45) is -0.475. The lowest BCUT2D eigenvalue weighted by Gasteiger charge is -2.33. The molecule has 2 rings (SSSR count). The number of nitrogens with zero attached hydrogens (tertiary/aromatic N) is 2. The monoisotopic (exact) mass is 617 g/mol. The molecule has 0 saturated carbocycles. The SMILES string of the molecule is CCO.Cc1ccc(C(=O)NC(C(=O)NC(C(=O)N2CCCC2C(=O)N(C)CC(=O)O)C(C)C)C(C)O)c(N)c1O.Cl. The fourth-order valence-corrected chi connectivity index (χ4v) is 4.30. The number of carboxylic acids is 1. The number of aliphatic hydroxyl groups is 2. The van der Waals surface area contributed by atoms with Gasteiger partial charge in [0.15, 0.2) is 0 Å². The zero-order valence-electron chi connectivity index (χ0n) is 24.8. The number of rotatable bonds is 10. The number of nitrogens with one attached hydrogen (secondary N) is 2. The number of carbonyl (C=O) groups is 5. The van der Waals surface area contributed by atoms with E-state index >= 15 is 0 Å². The topological polar surface area (TPSA) is 223 Å². The van der Waals surface area contributed by atoms with Gasteiger partial charge in [-0.1, -0.05) is 19.9 Å². The number of benzene rings is 1. The Morgan fingerprint density at radius 3 is 2.19 bits per heavy atom. The number of likely N-dealkylation sites (tertiary alicyclic amines) is 1. The van der Waals surface area contributed by atoms with Crippen molar-refractivity contribution in [2.75, 3.05) is 32.5 Å². The molecule has 0 aliphatic carbocycles. The van der Waals surface area contributed by atoms with E-state index in [1.54, 1.807) is 27.7 Å². The number of halogens is 1. The van der Waals surface area contributed by atoms with Crippen molar-refractivity contribution in [3.63, 3.8) is 0 Å². The van der Waals surface area contributed by atoms with E-state index in [-0.39, 0.29) is 42.6 Å². The summed E-state index contributed by atoms with van der Waals surface area (Å²) < 4.78 is 0. The van der Waals surface area contributed by atoms with Crippen molar-refractivity contribution in [3.8, 4) is 5.75 Å². The molecular weight excluding hydrogens is 574 g/mol. The van der Waals surface area contributed by atoms with Gasteiger partial charge in [-0.05, 0) is 51.2 Å². The molecule has 1 aromatic carbocycles. The van der Waals surface area contributed by atoms with E-state index in [1.807, 2.05) is 0 Å². The molecule has 238 valence electrons. The molecule has 1 aromatic rings. The first-order valence-corrected chi connectivity index (χ1v) is 13.3. The lowest BCUT2D eigenvalue weighted by Crippen LogP contribution is -2.60. The average molecular weight is 618 g/mol. The van der Waals surface area contributed by atoms with Crippen molar-refractivity contribution in [2.24, 2.45) is 5.92 Å². The molecule has 0 radical (unpaired) electrons. The zero-order valence-corrected chi connectivity index (χ0v) is 25.6. The second-order valence-electron chi connectivity index (χ2n) is 10.2. The minimum atomic E-state index is -1.46. The van der Waals surface area contributed by atoms with Crippen molar-refractivity contribution in [3.05, 3.63) is 23.3 Å². The Morgan fingerprint density at radius 2 is 1.69 bits per heavy atom. The van der Waals surface area contributed by atoms with Gasteiger partial charge >= 0.3 is 5.97 Å². The van der Waals surface area contributed by atoms with Gasteiger partial charge in [-0.2, -0.15) is 0 Å². The van der Waals surface area contributed by atoms with Crippen molar-refractivity contribution >= 4 is 47.7 Å². The van der Waals surface area contributed by atoms with Gasteiger partial charge in [0.2, 0.25) is 17.7 Å². The molecule has 1 fully saturated rings. The number of hydrogen-bond donors (Lipinski definition) is 7. The van der Waals surface area contributed by atoms with Crippen LogP contribution in [0.5, 0.6) is 5.75 Å². The highest BCUT2D eigenvalue weighted by Gasteiger charge is 2.41. The third kappa shape index (κ3) is 10.0. The first-order chi connectivity index (χ1) is 19.1. The third-order valence-electron chi connectivity index (χ3n) is 6.51. The normalized spacial score (nSPS) is 16.2. The molecule has 1 saturated heterocycles. The molecular formula is C27H44ClN5O9. The van der Waals surface area contributed by atoms with Crippen molar-refractivity contribution in [1.82, 2.24) is 20.4 Å². The van der Waals surface area contributed by atoms with Crippen LogP contribution in [0.25, 0.3) is 0 Å². The number of carboxylic acid groups (broad SMARTS) is 1. The number of anilines is 1. The van der Waals surface area contributed by atoms with Gasteiger partial charge in [0.25, 0.3) is 5.91 Å². The highest BCUT2D eigenvalue weighted by molar-refractivity contribution is 6.03. The number of carbonyl (C=O) groups excluding carboxylic acids is 4. The summed E-state index contributed by atoms with van der Waals surface area (Å²) in [7, 11) is 1.34. The minimum absolute atomic E-state index is 0. The molecule has 0 aromatic heterocycles. The van der Waals surface area contributed by atoms with Crippen LogP contribution in [0.15, 0.2) is 12.1 Å². The highest BCUT2D eigenvalue weighted by Crippen LogP contribution is 2.28. The molecule has 0 bridgehead atoms. The Hall–Kier alpha value is -3.62. The molecule has 14 nitrogen and oxygen atoms in total. The summed E-state index contributed by atoms with van der Waals surface area (Å²) in [4.78, 5) is 65.6. The zero-order chi connectivity index (χ0) is 31.6. The number of hydrogen-bond acceptors (Lipinski definition) is 9. The van der Waals surface area contributed by atoms with E-state index in [2.05, 4.69) is 10.6 Å². The molecule has 15 heteroatoms. The van der Waals surface area contributed by atoms with E-state index in [1.165, 1.54) is 31.0 Å². The van der Waals surface area contributed by atoms with Crippen LogP contribution < -0.4 is 16.4 Å². The Labute approximate surface area is 251 Å². The second kappa shape index (κ2) is 17.4. The molecule has 42 heavy (non-hydrogen) atoms. The van der Waals surface area contributed by atoms with Crippen molar-refractivity contribution in [1.29, 1.82) is 0 Å². The van der Waals surface area contributed by atoms with Crippen LogP contribution in [-0.4, -0.2) is 111 Å². The minimum Gasteiger partial charge on any atom is -0.505 e. The van der Waals surface area contributed by atoms with Crippen LogP contribution in [0.1, 0.15) is 56.5 Å². The third-order valence-corrected chi connectivity index (χ3v) is 6.51. The number of nitrogen functional groups attached to an aromatic ring is 1. The van der Waals surface area contributed by atoms with Crippen molar-refractivity contribution in [2.45, 2.75) is 71.7 Å². The number of aromatic hydroxyl groups is 1. The Balaban J connectivity index is 0.00000402. The number of amides is 4. The maximum atomic E-state index is 13.5. The van der Waals surface area contributed by atoms with E-state index in [9.17, 15) is 34.2 Å². The summed E-state index contributed by atoms with van der Waals surface area (Å²) in [6, 6.07) is -0.560. The van der Waals surface area contributed by atoms with E-state index in [0.29, 0.717) is 18.4 Å². The Kier molecular flexibility index (Phi) is 15.9. The molecule has 1 heterocycles. The fourth-order valence-electron chi connectivity index (χ4n) is 4.30. The first kappa shape index (κ1) is 38.4. The first-order valence-electron chi connectivity index (χ1n) is 13.3. The Bertz CT molecular complexity index is 1120. The number of likely N-dealkylation sites (N-methyl/N-ethyl adjacent to an activating group) is 1. The largest absolute Gasteiger partial charge is 0.505 e. The van der Waals surface area contributed by atoms with Crippen LogP contribution in [-0.2, 0) is 19.2 Å². The molecule has 8 N–H and O–H groups in total. The second-order valence-corrected chi connectivity index (χ2v) is 10.2. The lowest BCUT2D eigenvalue weighted by molar-refractivity contribution is -0.149. The van der Waals surface area contributed by atoms with Gasteiger partial charge in [-0.3, -0.25) is 24.0 Å². The van der Waals surface area contributed by atoms with Gasteiger partial charge in [-0.25, -0.2) is 0 Å². The summed E-state index contributed by atoms with van der Waals surface area (Å²) in [5.41, 5.74) is 6.02. The molecule has 4 atom stereocenters. The van der Waals surface area contributed by atoms with E-state index in [4.69, 9.17) is 15.9 Å². The van der Waals surface area contributed by atoms with Crippen molar-refractivity contribution < 1.29 is 44.4 Å². The number of aliphatic carboxylic acids is 1. The molecule has 4 amide bonds. The predicted molar refractivity (Wildman–Crippen MR) is 157 cm³/mol. The van der Waals surface area contributed by atoms with Crippen LogP contribution in [0.4, 0.5) is 5.69 Å². The summed E-state index contributed by atoms with van der Waals surface area (Å²) in [5.74, 6) is -4.56. The quantitative estimate of drug-likeness (QED) is 0.136. The standard InChI is InChI=1S/C25H37N5O8.C2H6O.ClH/c1-12(2)19(25(38)30-10-6-7-16(30)24(37)29(5)11-17(32)33)27-23(36)20(14(4)31)28-22(35)15-9-8-13(3)21(34)18(15)26;1-2-3;/h8-9,12,14,16,19-20,31,34H,6-7,10-11,26H2,1-5H3,(H,27,36)(H,28,35)(H,32,33);3H,2H2,1H3;1H. The highest BCUT2D eigenvalue weighted by atomic mass is 35.5. The molecule has 1 aliphatic heterocycles. The fraction of sp³-hybridized carbons (Fsp3) is 0.593. The smallest absolute Gasteiger partial charge is 0.323 e. The molecule has 4 unspecified atom stereocenters. The number of phenols is 1. The Morgan fingerprint density at radius 1 is 1.12 bits per heavy atom. The maximum absolute atomic E-state index is 13.5. The maximum Gasteiger partial charge on any atom is 0.323 e. The van der Waals surface area contributed by atoms with Gasteiger partial charge in [-0.15, -0.1) is 12.4 Å². The van der Waals surface area contributed by atoms with E-state index in [0.717, 1.165) is 4.90 Å². The van der Waals surface area contributed by atoms with E-state index < -0.39 is 66.3 Å². The van der Waals surface area contributed by atoms with Gasteiger partial charge in [0.05, 0.1) is 17.4 Å². The molecule has 1 aliphatic rings. The summed E-state index contributed by atoms with van der Waals surface area (Å²) in [6.45, 7) is 7.95. The summed E-state index contributed by atoms with van der Waals surface area (Å²) >= 11 is 0. The number of aryl methyl sites for hydroxylation is 1. The summed E-state index contributed by atoms with van der Waals surface area (Å²) in [5, 5.41) is 41.8. The average Bonchev–Trinajstić information content (AvgIpc) is 3.37. The molecule has 0 spiro atoms. The predicted octanol–water partition coefficient (Wildman–Crippen LogP) is -0.143. The van der Waals surface area contributed by atoms with Crippen LogP contribution in [0.2, 0.25) is 0 Å². The van der Waals surface area contributed by atoms with Crippen LogP contribution in [0.3, 0.4) is 0 Å². The van der Waals surface area contributed by atoms with Crippen LogP contribution >= 0.6 is 12.4 Å². The number of nitrogens with two attached hydrogens (primary N) is 1. The number of phenolic OH excluding ortho intramolecular Hbond substituents is 1. The van der Waals surface area contributed by atoms with Gasteiger partial charge in [0, 0.05) is 20.2 Å². The van der Waals surface area contributed by atoms with Crippen LogP contribution in [0, 0.1) is 12.8 Å². The van der Waals surface area contributed by atoms with Gasteiger partial charge in [0.1, 0.15) is 30.4 Å². The van der Waals surface area contributed by atoms with Gasteiger partial charge < -0.3 is 46.6 Å². The number of aliphatic hydroxyl groups excluding tert-OH is 2. The lowest BCUT2D eigenvalue weighted by atomic mass is 10.0.